The lowest BCUT2D eigenvalue weighted by Gasteiger charge is -2.33. The monoisotopic (exact) mass is 218 g/mol. The number of hydrogen-bond donors (Lipinski definition) is 0. The second-order valence-corrected chi connectivity index (χ2v) is 6.65. The van der Waals surface area contributed by atoms with Crippen molar-refractivity contribution in [1.29, 1.82) is 0 Å². The number of hydrogen-bond acceptors (Lipinski definition) is 1. The molecule has 0 aromatic carbocycles. The predicted molar refractivity (Wildman–Crippen MR) is 67.2 cm³/mol. The smallest absolute Gasteiger partial charge is 0.0771 e. The normalized spacial score (nSPS) is 20.8. The molecule has 0 aliphatic heterocycles. The van der Waals surface area contributed by atoms with Crippen LogP contribution in [0.15, 0.2) is 6.07 Å². The van der Waals surface area contributed by atoms with E-state index in [4.69, 9.17) is 6.42 Å². The van der Waals surface area contributed by atoms with Gasteiger partial charge >= 0.3 is 0 Å². The van der Waals surface area contributed by atoms with Crippen LogP contribution in [0.25, 0.3) is 0 Å². The third-order valence-electron chi connectivity index (χ3n) is 3.45. The Kier molecular flexibility index (Phi) is 2.64. The van der Waals surface area contributed by atoms with Crippen molar-refractivity contribution in [2.45, 2.75) is 40.0 Å². The summed E-state index contributed by atoms with van der Waals surface area (Å²) < 4.78 is 0. The van der Waals surface area contributed by atoms with Gasteiger partial charge in [-0.2, -0.15) is 0 Å². The molecular formula is C14H18S. The van der Waals surface area contributed by atoms with Crippen molar-refractivity contribution in [3.05, 3.63) is 21.4 Å². The Balaban J connectivity index is 2.24. The summed E-state index contributed by atoms with van der Waals surface area (Å²) in [7, 11) is 0. The second-order valence-electron chi connectivity index (χ2n) is 5.51. The molecule has 0 radical (unpaired) electrons. The largest absolute Gasteiger partial charge is 0.131 e. The maximum absolute atomic E-state index is 5.44. The third-order valence-corrected chi connectivity index (χ3v) is 4.62. The van der Waals surface area contributed by atoms with Gasteiger partial charge in [0.25, 0.3) is 0 Å². The molecule has 1 aromatic rings. The molecule has 0 fully saturated rings. The molecule has 0 saturated carbocycles. The van der Waals surface area contributed by atoms with Gasteiger partial charge in [0.2, 0.25) is 0 Å². The number of thiophene rings is 1. The summed E-state index contributed by atoms with van der Waals surface area (Å²) in [6.07, 6.45) is 9.21. The topological polar surface area (TPSA) is 0 Å². The fraction of sp³-hybridized carbons (Fsp3) is 0.571. The Bertz CT molecular complexity index is 398. The van der Waals surface area contributed by atoms with Gasteiger partial charge < -0.3 is 0 Å². The zero-order valence-electron chi connectivity index (χ0n) is 9.76. The van der Waals surface area contributed by atoms with Crippen molar-refractivity contribution in [1.82, 2.24) is 0 Å². The molecule has 1 unspecified atom stereocenters. The van der Waals surface area contributed by atoms with Crippen molar-refractivity contribution >= 4 is 11.3 Å². The van der Waals surface area contributed by atoms with E-state index in [2.05, 4.69) is 32.8 Å². The van der Waals surface area contributed by atoms with Crippen LogP contribution in [-0.4, -0.2) is 0 Å². The summed E-state index contributed by atoms with van der Waals surface area (Å²) in [4.78, 5) is 2.64. The molecule has 0 bridgehead atoms. The first-order valence-electron chi connectivity index (χ1n) is 5.59. The van der Waals surface area contributed by atoms with E-state index in [-0.39, 0.29) is 0 Å². The molecule has 2 rings (SSSR count). The van der Waals surface area contributed by atoms with Gasteiger partial charge in [-0.3, -0.25) is 0 Å². The van der Waals surface area contributed by atoms with E-state index in [0.717, 1.165) is 10.8 Å². The van der Waals surface area contributed by atoms with Crippen molar-refractivity contribution in [2.24, 2.45) is 11.3 Å². The average molecular weight is 218 g/mol. The lowest BCUT2D eigenvalue weighted by atomic mass is 9.72. The maximum Gasteiger partial charge on any atom is 0.0771 e. The Hall–Kier alpha value is -0.740. The quantitative estimate of drug-likeness (QED) is 0.580. The summed E-state index contributed by atoms with van der Waals surface area (Å²) in [5.41, 5.74) is 1.94. The van der Waals surface area contributed by atoms with Crippen LogP contribution in [0.1, 0.15) is 42.5 Å². The SMILES string of the molecule is C#Cc1cc2c(s1)CCC(C(C)(C)C)C2. The lowest BCUT2D eigenvalue weighted by Crippen LogP contribution is -2.26. The second kappa shape index (κ2) is 3.68. The first-order chi connectivity index (χ1) is 7.00. The van der Waals surface area contributed by atoms with Crippen molar-refractivity contribution in [3.8, 4) is 12.3 Å². The summed E-state index contributed by atoms with van der Waals surface area (Å²) in [5.74, 6) is 3.57. The molecule has 1 aliphatic carbocycles. The molecule has 0 N–H and O–H groups in total. The number of terminal acetylenes is 1. The fourth-order valence-corrected chi connectivity index (χ4v) is 3.35. The van der Waals surface area contributed by atoms with Crippen LogP contribution in [0.4, 0.5) is 0 Å². The highest BCUT2D eigenvalue weighted by Gasteiger charge is 2.29. The molecule has 1 aliphatic rings. The Labute approximate surface area is 96.7 Å². The highest BCUT2D eigenvalue weighted by molar-refractivity contribution is 7.12. The molecule has 0 amide bonds. The molecule has 1 aromatic heterocycles. The standard InChI is InChI=1S/C14H18S/c1-5-12-9-10-8-11(14(2,3)4)6-7-13(10)15-12/h1,9,11H,6-8H2,2-4H3. The molecule has 1 atom stereocenters. The zero-order chi connectivity index (χ0) is 11.1. The van der Waals surface area contributed by atoms with E-state index >= 15 is 0 Å². The predicted octanol–water partition coefficient (Wildman–Crippen LogP) is 3.88. The molecular weight excluding hydrogens is 200 g/mol. The molecule has 1 heteroatoms. The Morgan fingerprint density at radius 3 is 2.80 bits per heavy atom. The van der Waals surface area contributed by atoms with Crippen LogP contribution in [0.2, 0.25) is 0 Å². The van der Waals surface area contributed by atoms with E-state index < -0.39 is 0 Å². The highest BCUT2D eigenvalue weighted by atomic mass is 32.1. The van der Waals surface area contributed by atoms with Gasteiger partial charge in [-0.1, -0.05) is 26.7 Å². The van der Waals surface area contributed by atoms with E-state index in [1.165, 1.54) is 29.7 Å². The Morgan fingerprint density at radius 1 is 1.47 bits per heavy atom. The van der Waals surface area contributed by atoms with Gasteiger partial charge in [0.05, 0.1) is 4.88 Å². The van der Waals surface area contributed by atoms with Crippen LogP contribution in [0.5, 0.6) is 0 Å². The van der Waals surface area contributed by atoms with Gasteiger partial charge in [-0.15, -0.1) is 17.8 Å². The minimum Gasteiger partial charge on any atom is -0.131 e. The molecule has 0 nitrogen and oxygen atoms in total. The van der Waals surface area contributed by atoms with Crippen LogP contribution < -0.4 is 0 Å². The number of rotatable bonds is 0. The lowest BCUT2D eigenvalue weighted by molar-refractivity contribution is 0.217. The van der Waals surface area contributed by atoms with E-state index in [1.54, 1.807) is 0 Å². The van der Waals surface area contributed by atoms with Crippen LogP contribution >= 0.6 is 11.3 Å². The van der Waals surface area contributed by atoms with Crippen LogP contribution in [0, 0.1) is 23.7 Å². The third kappa shape index (κ3) is 2.11. The van der Waals surface area contributed by atoms with Gasteiger partial charge in [-0.05, 0) is 42.2 Å². The minimum atomic E-state index is 0.427. The molecule has 0 spiro atoms. The van der Waals surface area contributed by atoms with Crippen molar-refractivity contribution in [2.75, 3.05) is 0 Å². The zero-order valence-corrected chi connectivity index (χ0v) is 10.6. The molecule has 1 heterocycles. The molecule has 80 valence electrons. The van der Waals surface area contributed by atoms with Crippen LogP contribution in [0.3, 0.4) is 0 Å². The minimum absolute atomic E-state index is 0.427. The average Bonchev–Trinajstić information content (AvgIpc) is 2.57. The molecule has 15 heavy (non-hydrogen) atoms. The van der Waals surface area contributed by atoms with E-state index in [9.17, 15) is 0 Å². The van der Waals surface area contributed by atoms with Gasteiger partial charge in [0.15, 0.2) is 0 Å². The summed E-state index contributed by atoms with van der Waals surface area (Å²) in [5, 5.41) is 0. The Morgan fingerprint density at radius 2 is 2.20 bits per heavy atom. The first-order valence-corrected chi connectivity index (χ1v) is 6.40. The summed E-state index contributed by atoms with van der Waals surface area (Å²) >= 11 is 1.81. The number of fused-ring (bicyclic) bond motifs is 1. The van der Waals surface area contributed by atoms with Crippen molar-refractivity contribution in [3.63, 3.8) is 0 Å². The van der Waals surface area contributed by atoms with E-state index in [0.29, 0.717) is 5.41 Å². The van der Waals surface area contributed by atoms with Gasteiger partial charge in [0, 0.05) is 4.88 Å². The fourth-order valence-electron chi connectivity index (χ4n) is 2.33. The summed E-state index contributed by atoms with van der Waals surface area (Å²) in [6.45, 7) is 7.03. The van der Waals surface area contributed by atoms with Gasteiger partial charge in [0.1, 0.15) is 0 Å². The summed E-state index contributed by atoms with van der Waals surface area (Å²) in [6, 6.07) is 2.22. The van der Waals surface area contributed by atoms with E-state index in [1.807, 2.05) is 11.3 Å². The maximum atomic E-state index is 5.44. The first kappa shape index (κ1) is 10.8. The number of aryl methyl sites for hydroxylation is 1. The molecule has 0 saturated heterocycles. The van der Waals surface area contributed by atoms with Gasteiger partial charge in [-0.25, -0.2) is 0 Å². The van der Waals surface area contributed by atoms with Crippen molar-refractivity contribution < 1.29 is 0 Å². The highest BCUT2D eigenvalue weighted by Crippen LogP contribution is 2.39. The van der Waals surface area contributed by atoms with Crippen LogP contribution in [-0.2, 0) is 12.8 Å².